The van der Waals surface area contributed by atoms with Crippen molar-refractivity contribution in [1.82, 2.24) is 0 Å². The molecule has 0 N–H and O–H groups in total. The average molecular weight is 353 g/mol. The first-order valence-electron chi connectivity index (χ1n) is 8.67. The highest BCUT2D eigenvalue weighted by molar-refractivity contribution is 9.09. The third-order valence-electron chi connectivity index (χ3n) is 4.41. The van der Waals surface area contributed by atoms with Gasteiger partial charge in [-0.1, -0.05) is 72.3 Å². The van der Waals surface area contributed by atoms with Crippen molar-refractivity contribution in [3.05, 3.63) is 35.4 Å². The van der Waals surface area contributed by atoms with Crippen molar-refractivity contribution in [1.29, 1.82) is 0 Å². The second kappa shape index (κ2) is 10.4. The number of hydrogen-bond acceptors (Lipinski definition) is 1. The van der Waals surface area contributed by atoms with Crippen LogP contribution in [-0.4, -0.2) is 11.9 Å². The molecule has 1 aliphatic carbocycles. The molecule has 118 valence electrons. The molecule has 0 bridgehead atoms. The van der Waals surface area contributed by atoms with Gasteiger partial charge in [-0.25, -0.2) is 0 Å². The van der Waals surface area contributed by atoms with Gasteiger partial charge < -0.3 is 4.74 Å². The van der Waals surface area contributed by atoms with E-state index in [1.165, 1.54) is 75.3 Å². The van der Waals surface area contributed by atoms with Gasteiger partial charge in [-0.3, -0.25) is 0 Å². The van der Waals surface area contributed by atoms with Crippen LogP contribution in [0, 0.1) is 0 Å². The summed E-state index contributed by atoms with van der Waals surface area (Å²) in [5.41, 5.74) is 2.94. The SMILES string of the molecule is BrCCCCCCCCCOC1CCCc2ccccc21. The molecule has 2 rings (SSSR count). The molecule has 1 nitrogen and oxygen atoms in total. The zero-order chi connectivity index (χ0) is 14.8. The van der Waals surface area contributed by atoms with E-state index in [2.05, 4.69) is 40.2 Å². The van der Waals surface area contributed by atoms with Gasteiger partial charge in [0.25, 0.3) is 0 Å². The van der Waals surface area contributed by atoms with E-state index in [0.717, 1.165) is 11.9 Å². The number of unbranched alkanes of at least 4 members (excludes halogenated alkanes) is 6. The lowest BCUT2D eigenvalue weighted by molar-refractivity contribution is 0.0382. The van der Waals surface area contributed by atoms with Crippen molar-refractivity contribution < 1.29 is 4.74 Å². The normalized spacial score (nSPS) is 17.7. The minimum atomic E-state index is 0.355. The molecule has 0 radical (unpaired) electrons. The van der Waals surface area contributed by atoms with E-state index in [9.17, 15) is 0 Å². The fourth-order valence-electron chi connectivity index (χ4n) is 3.19. The lowest BCUT2D eigenvalue weighted by Gasteiger charge is -2.25. The third-order valence-corrected chi connectivity index (χ3v) is 4.97. The Bertz CT molecular complexity index is 391. The van der Waals surface area contributed by atoms with E-state index < -0.39 is 0 Å². The molecule has 0 saturated heterocycles. The molecule has 0 aromatic heterocycles. The Labute approximate surface area is 138 Å². The van der Waals surface area contributed by atoms with Gasteiger partial charge in [0.15, 0.2) is 0 Å². The number of ether oxygens (including phenoxy) is 1. The molecule has 1 aromatic rings. The molecule has 2 heteroatoms. The third kappa shape index (κ3) is 6.12. The monoisotopic (exact) mass is 352 g/mol. The first-order chi connectivity index (χ1) is 10.4. The van der Waals surface area contributed by atoms with Crippen LogP contribution < -0.4 is 0 Å². The smallest absolute Gasteiger partial charge is 0.0827 e. The number of fused-ring (bicyclic) bond motifs is 1. The summed E-state index contributed by atoms with van der Waals surface area (Å²) in [6, 6.07) is 8.81. The van der Waals surface area contributed by atoms with Gasteiger partial charge in [0, 0.05) is 11.9 Å². The van der Waals surface area contributed by atoms with Crippen LogP contribution in [0.25, 0.3) is 0 Å². The predicted molar refractivity (Wildman–Crippen MR) is 94.2 cm³/mol. The largest absolute Gasteiger partial charge is 0.374 e. The molecular formula is C19H29BrO. The van der Waals surface area contributed by atoms with E-state index in [1.54, 1.807) is 0 Å². The maximum atomic E-state index is 6.15. The summed E-state index contributed by atoms with van der Waals surface area (Å²) in [7, 11) is 0. The Kier molecular flexibility index (Phi) is 8.43. The van der Waals surface area contributed by atoms with Crippen LogP contribution in [0.2, 0.25) is 0 Å². The number of halogens is 1. The Hall–Kier alpha value is -0.340. The van der Waals surface area contributed by atoms with Gasteiger partial charge in [-0.15, -0.1) is 0 Å². The maximum Gasteiger partial charge on any atom is 0.0827 e. The predicted octanol–water partition coefficient (Wildman–Crippen LogP) is 6.21. The molecule has 0 spiro atoms. The van der Waals surface area contributed by atoms with Crippen LogP contribution in [0.4, 0.5) is 0 Å². The quantitative estimate of drug-likeness (QED) is 0.359. The zero-order valence-electron chi connectivity index (χ0n) is 13.2. The first kappa shape index (κ1) is 17.0. The van der Waals surface area contributed by atoms with E-state index in [4.69, 9.17) is 4.74 Å². The number of hydrogen-bond donors (Lipinski definition) is 0. The zero-order valence-corrected chi connectivity index (χ0v) is 14.7. The summed E-state index contributed by atoms with van der Waals surface area (Å²) < 4.78 is 6.15. The maximum absolute atomic E-state index is 6.15. The fraction of sp³-hybridized carbons (Fsp3) is 0.684. The molecule has 0 saturated carbocycles. The van der Waals surface area contributed by atoms with Crippen molar-refractivity contribution in [3.63, 3.8) is 0 Å². The number of rotatable bonds is 10. The van der Waals surface area contributed by atoms with Crippen LogP contribution >= 0.6 is 15.9 Å². The highest BCUT2D eigenvalue weighted by Crippen LogP contribution is 2.32. The van der Waals surface area contributed by atoms with Crippen molar-refractivity contribution in [2.24, 2.45) is 0 Å². The van der Waals surface area contributed by atoms with E-state index in [-0.39, 0.29) is 0 Å². The number of aryl methyl sites for hydroxylation is 1. The molecule has 1 unspecified atom stereocenters. The molecular weight excluding hydrogens is 324 g/mol. The summed E-state index contributed by atoms with van der Waals surface area (Å²) in [5.74, 6) is 0. The van der Waals surface area contributed by atoms with E-state index >= 15 is 0 Å². The van der Waals surface area contributed by atoms with Crippen LogP contribution in [0.3, 0.4) is 0 Å². The van der Waals surface area contributed by atoms with Gasteiger partial charge in [-0.2, -0.15) is 0 Å². The Balaban J connectivity index is 1.56. The average Bonchev–Trinajstić information content (AvgIpc) is 2.53. The van der Waals surface area contributed by atoms with E-state index in [0.29, 0.717) is 6.10 Å². The van der Waals surface area contributed by atoms with Gasteiger partial charge >= 0.3 is 0 Å². The number of benzene rings is 1. The minimum Gasteiger partial charge on any atom is -0.374 e. The van der Waals surface area contributed by atoms with Crippen LogP contribution in [0.1, 0.15) is 75.0 Å². The van der Waals surface area contributed by atoms with Crippen molar-refractivity contribution in [3.8, 4) is 0 Å². The molecule has 0 aliphatic heterocycles. The molecule has 1 aliphatic rings. The Morgan fingerprint density at radius 2 is 1.67 bits per heavy atom. The van der Waals surface area contributed by atoms with Gasteiger partial charge in [-0.05, 0) is 43.2 Å². The van der Waals surface area contributed by atoms with Crippen molar-refractivity contribution in [2.45, 2.75) is 70.3 Å². The molecule has 0 amide bonds. The van der Waals surface area contributed by atoms with Crippen molar-refractivity contribution >= 4 is 15.9 Å². The van der Waals surface area contributed by atoms with Crippen molar-refractivity contribution in [2.75, 3.05) is 11.9 Å². The van der Waals surface area contributed by atoms with E-state index in [1.807, 2.05) is 0 Å². The van der Waals surface area contributed by atoms with Crippen LogP contribution in [0.5, 0.6) is 0 Å². The second-order valence-corrected chi connectivity index (χ2v) is 6.91. The van der Waals surface area contributed by atoms with Crippen LogP contribution in [-0.2, 0) is 11.2 Å². The Morgan fingerprint density at radius 3 is 2.48 bits per heavy atom. The van der Waals surface area contributed by atoms with Gasteiger partial charge in [0.05, 0.1) is 6.10 Å². The fourth-order valence-corrected chi connectivity index (χ4v) is 3.59. The summed E-state index contributed by atoms with van der Waals surface area (Å²) >= 11 is 3.49. The van der Waals surface area contributed by atoms with Gasteiger partial charge in [0.1, 0.15) is 0 Å². The molecule has 21 heavy (non-hydrogen) atoms. The summed E-state index contributed by atoms with van der Waals surface area (Å²) in [6.45, 7) is 0.931. The minimum absolute atomic E-state index is 0.355. The van der Waals surface area contributed by atoms with Crippen LogP contribution in [0.15, 0.2) is 24.3 Å². The first-order valence-corrected chi connectivity index (χ1v) is 9.79. The standard InChI is InChI=1S/C19H29BrO/c20-15-8-4-2-1-3-5-9-16-21-19-14-10-12-17-11-6-7-13-18(17)19/h6-7,11,13,19H,1-5,8-10,12,14-16H2. The number of alkyl halides is 1. The highest BCUT2D eigenvalue weighted by atomic mass is 79.9. The summed E-state index contributed by atoms with van der Waals surface area (Å²) in [5, 5.41) is 1.16. The lowest BCUT2D eigenvalue weighted by Crippen LogP contribution is -2.13. The molecule has 0 fully saturated rings. The molecule has 1 aromatic carbocycles. The molecule has 1 atom stereocenters. The highest BCUT2D eigenvalue weighted by Gasteiger charge is 2.19. The summed E-state index contributed by atoms with van der Waals surface area (Å²) in [4.78, 5) is 0. The van der Waals surface area contributed by atoms with Gasteiger partial charge in [0.2, 0.25) is 0 Å². The topological polar surface area (TPSA) is 9.23 Å². The summed E-state index contributed by atoms with van der Waals surface area (Å²) in [6.07, 6.45) is 13.4. The second-order valence-electron chi connectivity index (χ2n) is 6.11. The Morgan fingerprint density at radius 1 is 0.952 bits per heavy atom. The molecule has 0 heterocycles. The lowest BCUT2D eigenvalue weighted by atomic mass is 9.89.